The van der Waals surface area contributed by atoms with Gasteiger partial charge in [0, 0.05) is 25.7 Å². The van der Waals surface area contributed by atoms with Crippen molar-refractivity contribution in [3.63, 3.8) is 0 Å². The Morgan fingerprint density at radius 1 is 1.30 bits per heavy atom. The first-order valence-electron chi connectivity index (χ1n) is 6.49. The summed E-state index contributed by atoms with van der Waals surface area (Å²) in [4.78, 5) is 22.7. The van der Waals surface area contributed by atoms with Crippen molar-refractivity contribution in [1.82, 2.24) is 19.4 Å². The Morgan fingerprint density at radius 3 is 2.65 bits per heavy atom. The SMILES string of the molecule is Cc1ncc2cc(C(=O)N(C)C)n(C3C=CC=C3)c2n1. The van der Waals surface area contributed by atoms with Gasteiger partial charge in [0.25, 0.3) is 5.91 Å². The number of hydrogen-bond donors (Lipinski definition) is 0. The minimum absolute atomic E-state index is 0.0284. The molecule has 20 heavy (non-hydrogen) atoms. The minimum Gasteiger partial charge on any atom is -0.343 e. The van der Waals surface area contributed by atoms with Crippen LogP contribution in [0.3, 0.4) is 0 Å². The zero-order chi connectivity index (χ0) is 14.3. The number of aromatic nitrogens is 3. The molecule has 3 rings (SSSR count). The Labute approximate surface area is 117 Å². The Balaban J connectivity index is 2.28. The van der Waals surface area contributed by atoms with E-state index in [1.165, 1.54) is 0 Å². The second-order valence-corrected chi connectivity index (χ2v) is 5.06. The molecule has 2 heterocycles. The summed E-state index contributed by atoms with van der Waals surface area (Å²) >= 11 is 0. The van der Waals surface area contributed by atoms with Gasteiger partial charge in [0.05, 0.1) is 6.04 Å². The molecule has 0 unspecified atom stereocenters. The highest BCUT2D eigenvalue weighted by Crippen LogP contribution is 2.27. The number of carbonyl (C=O) groups excluding carboxylic acids is 1. The molecule has 2 aromatic heterocycles. The van der Waals surface area contributed by atoms with Crippen LogP contribution in [-0.2, 0) is 0 Å². The van der Waals surface area contributed by atoms with Crippen LogP contribution in [0.1, 0.15) is 22.4 Å². The molecular formula is C15H16N4O. The van der Waals surface area contributed by atoms with E-state index in [1.54, 1.807) is 25.2 Å². The molecule has 2 aromatic rings. The molecule has 0 aliphatic heterocycles. The second kappa shape index (κ2) is 4.59. The molecule has 5 heteroatoms. The van der Waals surface area contributed by atoms with Crippen LogP contribution in [0.25, 0.3) is 11.0 Å². The van der Waals surface area contributed by atoms with Gasteiger partial charge in [-0.25, -0.2) is 9.97 Å². The maximum atomic E-state index is 12.4. The van der Waals surface area contributed by atoms with Crippen molar-refractivity contribution in [2.75, 3.05) is 14.1 Å². The maximum absolute atomic E-state index is 12.4. The fraction of sp³-hybridized carbons (Fsp3) is 0.267. The lowest BCUT2D eigenvalue weighted by Gasteiger charge is -2.16. The average Bonchev–Trinajstić information content (AvgIpc) is 3.03. The third kappa shape index (κ3) is 1.91. The molecule has 0 atom stereocenters. The van der Waals surface area contributed by atoms with Crippen LogP contribution in [0.4, 0.5) is 0 Å². The van der Waals surface area contributed by atoms with E-state index in [1.807, 2.05) is 41.9 Å². The van der Waals surface area contributed by atoms with Gasteiger partial charge in [-0.15, -0.1) is 0 Å². The van der Waals surface area contributed by atoms with Gasteiger partial charge in [0.2, 0.25) is 0 Å². The van der Waals surface area contributed by atoms with Crippen LogP contribution in [-0.4, -0.2) is 39.4 Å². The fourth-order valence-electron chi connectivity index (χ4n) is 2.38. The zero-order valence-corrected chi connectivity index (χ0v) is 11.7. The first-order chi connectivity index (χ1) is 9.58. The first kappa shape index (κ1) is 12.6. The van der Waals surface area contributed by atoms with E-state index in [0.717, 1.165) is 11.0 Å². The van der Waals surface area contributed by atoms with E-state index in [-0.39, 0.29) is 11.9 Å². The largest absolute Gasteiger partial charge is 0.343 e. The third-order valence-electron chi connectivity index (χ3n) is 3.35. The Kier molecular flexibility index (Phi) is 2.89. The van der Waals surface area contributed by atoms with Gasteiger partial charge in [-0.3, -0.25) is 4.79 Å². The lowest BCUT2D eigenvalue weighted by atomic mass is 10.3. The van der Waals surface area contributed by atoms with Gasteiger partial charge in [0.1, 0.15) is 17.2 Å². The van der Waals surface area contributed by atoms with Gasteiger partial charge < -0.3 is 9.47 Å². The third-order valence-corrected chi connectivity index (χ3v) is 3.35. The smallest absolute Gasteiger partial charge is 0.270 e. The highest BCUT2D eigenvalue weighted by molar-refractivity contribution is 5.97. The predicted octanol–water partition coefficient (Wildman–Crippen LogP) is 2.11. The van der Waals surface area contributed by atoms with Crippen molar-refractivity contribution in [1.29, 1.82) is 0 Å². The lowest BCUT2D eigenvalue weighted by Crippen LogP contribution is -2.25. The van der Waals surface area contributed by atoms with E-state index in [2.05, 4.69) is 9.97 Å². The number of carbonyl (C=O) groups is 1. The van der Waals surface area contributed by atoms with E-state index < -0.39 is 0 Å². The Morgan fingerprint density at radius 2 is 2.00 bits per heavy atom. The van der Waals surface area contributed by atoms with Crippen molar-refractivity contribution in [2.45, 2.75) is 13.0 Å². The summed E-state index contributed by atoms with van der Waals surface area (Å²) in [6, 6.07) is 1.89. The monoisotopic (exact) mass is 268 g/mol. The number of amides is 1. The molecule has 0 radical (unpaired) electrons. The molecule has 0 spiro atoms. The van der Waals surface area contributed by atoms with Crippen LogP contribution in [0.5, 0.6) is 0 Å². The summed E-state index contributed by atoms with van der Waals surface area (Å²) in [7, 11) is 3.50. The van der Waals surface area contributed by atoms with Crippen molar-refractivity contribution in [3.8, 4) is 0 Å². The van der Waals surface area contributed by atoms with Crippen molar-refractivity contribution in [3.05, 3.63) is 48.1 Å². The van der Waals surface area contributed by atoms with Gasteiger partial charge in [-0.1, -0.05) is 24.3 Å². The summed E-state index contributed by atoms with van der Waals surface area (Å²) in [5.74, 6) is 0.668. The Hall–Kier alpha value is -2.43. The molecule has 102 valence electrons. The number of rotatable bonds is 2. The summed E-state index contributed by atoms with van der Waals surface area (Å²) in [6.45, 7) is 1.85. The van der Waals surface area contributed by atoms with Crippen LogP contribution in [0, 0.1) is 6.92 Å². The van der Waals surface area contributed by atoms with Gasteiger partial charge >= 0.3 is 0 Å². The van der Waals surface area contributed by atoms with Crippen LogP contribution in [0.15, 0.2) is 36.6 Å². The molecule has 0 fully saturated rings. The zero-order valence-electron chi connectivity index (χ0n) is 11.7. The summed E-state index contributed by atoms with van der Waals surface area (Å²) in [6.07, 6.45) is 9.82. The van der Waals surface area contributed by atoms with Crippen molar-refractivity contribution < 1.29 is 4.79 Å². The Bertz CT molecular complexity index is 728. The number of hydrogen-bond acceptors (Lipinski definition) is 3. The van der Waals surface area contributed by atoms with E-state index in [0.29, 0.717) is 11.5 Å². The van der Waals surface area contributed by atoms with Gasteiger partial charge in [0.15, 0.2) is 0 Å². The molecule has 0 saturated heterocycles. The minimum atomic E-state index is -0.0330. The second-order valence-electron chi connectivity index (χ2n) is 5.06. The highest BCUT2D eigenvalue weighted by Gasteiger charge is 2.22. The van der Waals surface area contributed by atoms with E-state index >= 15 is 0 Å². The van der Waals surface area contributed by atoms with E-state index in [9.17, 15) is 4.79 Å². The lowest BCUT2D eigenvalue weighted by molar-refractivity contribution is 0.0817. The molecule has 0 bridgehead atoms. The molecule has 1 amide bonds. The molecule has 0 N–H and O–H groups in total. The normalized spacial score (nSPS) is 14.3. The van der Waals surface area contributed by atoms with Crippen LogP contribution in [0.2, 0.25) is 0 Å². The van der Waals surface area contributed by atoms with Gasteiger partial charge in [-0.2, -0.15) is 0 Å². The molecular weight excluding hydrogens is 252 g/mol. The predicted molar refractivity (Wildman–Crippen MR) is 77.6 cm³/mol. The molecule has 1 aliphatic rings. The summed E-state index contributed by atoms with van der Waals surface area (Å²) in [5, 5.41) is 0.884. The first-order valence-corrected chi connectivity index (χ1v) is 6.49. The standard InChI is InChI=1S/C15H16N4O/c1-10-16-9-11-8-13(15(20)18(2)3)19(14(11)17-10)12-6-4-5-7-12/h4-9,12H,1-3H3. The van der Waals surface area contributed by atoms with Gasteiger partial charge in [-0.05, 0) is 13.0 Å². The number of nitrogens with zero attached hydrogens (tertiary/aromatic N) is 4. The summed E-state index contributed by atoms with van der Waals surface area (Å²) < 4.78 is 1.96. The summed E-state index contributed by atoms with van der Waals surface area (Å²) in [5.41, 5.74) is 1.43. The topological polar surface area (TPSA) is 51.0 Å². The van der Waals surface area contributed by atoms with Crippen molar-refractivity contribution >= 4 is 16.9 Å². The van der Waals surface area contributed by atoms with Crippen LogP contribution >= 0.6 is 0 Å². The quantitative estimate of drug-likeness (QED) is 0.838. The molecule has 5 nitrogen and oxygen atoms in total. The molecule has 0 saturated carbocycles. The van der Waals surface area contributed by atoms with Crippen LogP contribution < -0.4 is 0 Å². The maximum Gasteiger partial charge on any atom is 0.270 e. The van der Waals surface area contributed by atoms with E-state index in [4.69, 9.17) is 0 Å². The van der Waals surface area contributed by atoms with Crippen molar-refractivity contribution in [2.24, 2.45) is 0 Å². The number of aryl methyl sites for hydroxylation is 1. The fourth-order valence-corrected chi connectivity index (χ4v) is 2.38. The molecule has 0 aromatic carbocycles. The molecule has 1 aliphatic carbocycles. The number of fused-ring (bicyclic) bond motifs is 1. The number of allylic oxidation sites excluding steroid dienone is 4. The average molecular weight is 268 g/mol. The highest BCUT2D eigenvalue weighted by atomic mass is 16.2.